The molecular formula is C16H20N4O3. The van der Waals surface area contributed by atoms with Crippen LogP contribution in [0.4, 0.5) is 0 Å². The number of carboxylic acid groups (broad SMARTS) is 1. The number of aliphatic imine (C=N–C) groups is 1. The van der Waals surface area contributed by atoms with Gasteiger partial charge in [0.1, 0.15) is 11.6 Å². The zero-order valence-corrected chi connectivity index (χ0v) is 12.9. The smallest absolute Gasteiger partial charge is 0.328 e. The van der Waals surface area contributed by atoms with Gasteiger partial charge >= 0.3 is 5.97 Å². The summed E-state index contributed by atoms with van der Waals surface area (Å²) < 4.78 is 5.40. The molecule has 0 fully saturated rings. The number of rotatable bonds is 8. The molecule has 0 amide bonds. The van der Waals surface area contributed by atoms with Crippen molar-refractivity contribution in [3.8, 4) is 5.75 Å². The molecule has 0 saturated carbocycles. The normalized spacial score (nSPS) is 13.1. The second kappa shape index (κ2) is 8.09. The number of fused-ring (bicyclic) bond motifs is 1. The predicted octanol–water partition coefficient (Wildman–Crippen LogP) is 1.85. The SMILES string of the molecule is COc1c(/C=C/C=N[C@@H](CCCN)C(=O)O)ccc2[nH]cnc12. The second-order valence-electron chi connectivity index (χ2n) is 4.93. The number of carboxylic acids is 1. The summed E-state index contributed by atoms with van der Waals surface area (Å²) in [7, 11) is 1.59. The number of imidazole rings is 1. The van der Waals surface area contributed by atoms with Crippen molar-refractivity contribution in [1.82, 2.24) is 9.97 Å². The number of aromatic amines is 1. The maximum atomic E-state index is 11.1. The highest BCUT2D eigenvalue weighted by Gasteiger charge is 2.13. The van der Waals surface area contributed by atoms with E-state index < -0.39 is 12.0 Å². The van der Waals surface area contributed by atoms with Crippen molar-refractivity contribution >= 4 is 29.3 Å². The van der Waals surface area contributed by atoms with Crippen molar-refractivity contribution in [2.75, 3.05) is 13.7 Å². The standard InChI is InChI=1S/C16H20N4O3/c1-23-15-11(6-7-12-14(15)20-10-19-12)4-3-9-18-13(16(21)22)5-2-8-17/h3-4,6-7,9-10,13H,2,5,8,17H2,1H3,(H,19,20)(H,21,22)/b4-3+,18-9?/t13-/m0/s1. The van der Waals surface area contributed by atoms with Gasteiger partial charge in [0.25, 0.3) is 0 Å². The summed E-state index contributed by atoms with van der Waals surface area (Å²) in [6.45, 7) is 0.454. The van der Waals surface area contributed by atoms with Gasteiger partial charge in [-0.2, -0.15) is 0 Å². The van der Waals surface area contributed by atoms with Gasteiger partial charge in [-0.15, -0.1) is 0 Å². The number of H-pyrrole nitrogens is 1. The third kappa shape index (κ3) is 4.17. The van der Waals surface area contributed by atoms with Gasteiger partial charge in [-0.3, -0.25) is 4.99 Å². The van der Waals surface area contributed by atoms with E-state index in [0.29, 0.717) is 25.1 Å². The molecule has 0 bridgehead atoms. The minimum absolute atomic E-state index is 0.429. The number of benzene rings is 1. The van der Waals surface area contributed by atoms with Crippen molar-refractivity contribution in [2.24, 2.45) is 10.7 Å². The zero-order chi connectivity index (χ0) is 16.7. The highest BCUT2D eigenvalue weighted by molar-refractivity contribution is 5.88. The van der Waals surface area contributed by atoms with Crippen LogP contribution < -0.4 is 10.5 Å². The van der Waals surface area contributed by atoms with Crippen molar-refractivity contribution in [3.63, 3.8) is 0 Å². The van der Waals surface area contributed by atoms with Crippen LogP contribution in [0.15, 0.2) is 29.5 Å². The lowest BCUT2D eigenvalue weighted by Crippen LogP contribution is -2.19. The predicted molar refractivity (Wildman–Crippen MR) is 89.9 cm³/mol. The summed E-state index contributed by atoms with van der Waals surface area (Å²) in [5.74, 6) is -0.287. The number of methoxy groups -OCH3 is 1. The molecule has 0 radical (unpaired) electrons. The van der Waals surface area contributed by atoms with Gasteiger partial charge in [0.15, 0.2) is 5.75 Å². The van der Waals surface area contributed by atoms with Crippen LogP contribution in [-0.4, -0.2) is 47.0 Å². The minimum atomic E-state index is -0.946. The van der Waals surface area contributed by atoms with Crippen molar-refractivity contribution < 1.29 is 14.6 Å². The van der Waals surface area contributed by atoms with Crippen LogP contribution in [0, 0.1) is 0 Å². The fourth-order valence-electron chi connectivity index (χ4n) is 2.22. The van der Waals surface area contributed by atoms with E-state index in [1.165, 1.54) is 6.21 Å². The number of carbonyl (C=O) groups is 1. The number of nitrogens with one attached hydrogen (secondary N) is 1. The van der Waals surface area contributed by atoms with Gasteiger partial charge in [-0.05, 0) is 43.7 Å². The Balaban J connectivity index is 2.13. The molecule has 0 unspecified atom stereocenters. The molecule has 1 heterocycles. The lowest BCUT2D eigenvalue weighted by molar-refractivity contribution is -0.138. The van der Waals surface area contributed by atoms with Crippen LogP contribution in [0.5, 0.6) is 5.75 Å². The average molecular weight is 316 g/mol. The summed E-state index contributed by atoms with van der Waals surface area (Å²) in [6.07, 6.45) is 7.65. The van der Waals surface area contributed by atoms with E-state index in [-0.39, 0.29) is 0 Å². The van der Waals surface area contributed by atoms with Crippen LogP contribution in [0.2, 0.25) is 0 Å². The summed E-state index contributed by atoms with van der Waals surface area (Å²) in [6, 6.07) is 3.04. The Kier molecular flexibility index (Phi) is 5.87. The van der Waals surface area contributed by atoms with Gasteiger partial charge < -0.3 is 20.6 Å². The molecule has 23 heavy (non-hydrogen) atoms. The molecule has 122 valence electrons. The number of nitrogens with two attached hydrogens (primary N) is 1. The molecule has 0 aliphatic rings. The number of aromatic nitrogens is 2. The van der Waals surface area contributed by atoms with Crippen molar-refractivity contribution in [2.45, 2.75) is 18.9 Å². The first-order valence-electron chi connectivity index (χ1n) is 7.30. The van der Waals surface area contributed by atoms with Gasteiger partial charge in [-0.1, -0.05) is 0 Å². The second-order valence-corrected chi connectivity index (χ2v) is 4.93. The van der Waals surface area contributed by atoms with E-state index in [4.69, 9.17) is 15.6 Å². The average Bonchev–Trinajstić information content (AvgIpc) is 3.02. The Morgan fingerprint density at radius 3 is 3.09 bits per heavy atom. The van der Waals surface area contributed by atoms with E-state index >= 15 is 0 Å². The van der Waals surface area contributed by atoms with Crippen LogP contribution >= 0.6 is 0 Å². The number of aliphatic carboxylic acids is 1. The molecule has 2 aromatic rings. The fraction of sp³-hybridized carbons (Fsp3) is 0.312. The molecule has 1 atom stereocenters. The Hall–Kier alpha value is -2.67. The summed E-state index contributed by atoms with van der Waals surface area (Å²) in [5.41, 5.74) is 7.87. The first kappa shape index (κ1) is 16.7. The number of allylic oxidation sites excluding steroid dienone is 1. The molecule has 7 heteroatoms. The Morgan fingerprint density at radius 1 is 1.57 bits per heavy atom. The molecule has 4 N–H and O–H groups in total. The third-order valence-corrected chi connectivity index (χ3v) is 3.37. The maximum absolute atomic E-state index is 11.1. The lowest BCUT2D eigenvalue weighted by Gasteiger charge is -2.05. The number of hydrogen-bond acceptors (Lipinski definition) is 5. The van der Waals surface area contributed by atoms with E-state index in [2.05, 4.69) is 15.0 Å². The van der Waals surface area contributed by atoms with E-state index in [1.807, 2.05) is 12.1 Å². The van der Waals surface area contributed by atoms with Gasteiger partial charge in [-0.25, -0.2) is 9.78 Å². The molecule has 0 spiro atoms. The van der Waals surface area contributed by atoms with Crippen LogP contribution in [-0.2, 0) is 4.79 Å². The highest BCUT2D eigenvalue weighted by atomic mass is 16.5. The number of hydrogen-bond donors (Lipinski definition) is 3. The summed E-state index contributed by atoms with van der Waals surface area (Å²) >= 11 is 0. The number of ether oxygens (including phenoxy) is 1. The molecule has 1 aromatic heterocycles. The molecule has 0 aliphatic heterocycles. The molecule has 1 aromatic carbocycles. The molecule has 2 rings (SSSR count). The molecular weight excluding hydrogens is 296 g/mol. The third-order valence-electron chi connectivity index (χ3n) is 3.37. The van der Waals surface area contributed by atoms with Gasteiger partial charge in [0, 0.05) is 11.8 Å². The lowest BCUT2D eigenvalue weighted by atomic mass is 10.1. The van der Waals surface area contributed by atoms with Crippen LogP contribution in [0.1, 0.15) is 18.4 Å². The van der Waals surface area contributed by atoms with E-state index in [0.717, 1.165) is 16.6 Å². The molecule has 7 nitrogen and oxygen atoms in total. The monoisotopic (exact) mass is 316 g/mol. The van der Waals surface area contributed by atoms with Crippen LogP contribution in [0.25, 0.3) is 17.1 Å². The Labute approximate surface area is 133 Å². The van der Waals surface area contributed by atoms with Crippen molar-refractivity contribution in [3.05, 3.63) is 30.1 Å². The quantitative estimate of drug-likeness (QED) is 0.643. The topological polar surface area (TPSA) is 114 Å². The highest BCUT2D eigenvalue weighted by Crippen LogP contribution is 2.28. The van der Waals surface area contributed by atoms with E-state index in [9.17, 15) is 4.79 Å². The number of nitrogens with zero attached hydrogens (tertiary/aromatic N) is 2. The largest absolute Gasteiger partial charge is 0.494 e. The summed E-state index contributed by atoms with van der Waals surface area (Å²) in [5, 5.41) is 9.08. The zero-order valence-electron chi connectivity index (χ0n) is 12.9. The maximum Gasteiger partial charge on any atom is 0.328 e. The first-order chi connectivity index (χ1) is 11.2. The van der Waals surface area contributed by atoms with E-state index in [1.54, 1.807) is 25.6 Å². The molecule has 0 saturated heterocycles. The minimum Gasteiger partial charge on any atom is -0.494 e. The fourth-order valence-corrected chi connectivity index (χ4v) is 2.22. The Bertz CT molecular complexity index is 721. The summed E-state index contributed by atoms with van der Waals surface area (Å²) in [4.78, 5) is 22.4. The van der Waals surface area contributed by atoms with Crippen molar-refractivity contribution in [1.29, 1.82) is 0 Å². The van der Waals surface area contributed by atoms with Crippen LogP contribution in [0.3, 0.4) is 0 Å². The van der Waals surface area contributed by atoms with Gasteiger partial charge in [0.05, 0.1) is 19.0 Å². The first-order valence-corrected chi connectivity index (χ1v) is 7.30. The Morgan fingerprint density at radius 2 is 2.39 bits per heavy atom. The molecule has 0 aliphatic carbocycles. The van der Waals surface area contributed by atoms with Gasteiger partial charge in [0.2, 0.25) is 0 Å².